The van der Waals surface area contributed by atoms with Gasteiger partial charge in [-0.3, -0.25) is 29.3 Å². The second-order valence-corrected chi connectivity index (χ2v) is 14.2. The maximum atomic E-state index is 15.1. The van der Waals surface area contributed by atoms with Gasteiger partial charge in [0.05, 0.1) is 27.9 Å². The van der Waals surface area contributed by atoms with Crippen molar-refractivity contribution >= 4 is 56.3 Å². The molecule has 6 atom stereocenters. The van der Waals surface area contributed by atoms with Crippen LogP contribution in [0.4, 0.5) is 11.4 Å². The summed E-state index contributed by atoms with van der Waals surface area (Å²) in [5.41, 5.74) is 1.00. The number of rotatable bonds is 5. The van der Waals surface area contributed by atoms with Crippen LogP contribution in [0.1, 0.15) is 35.4 Å². The van der Waals surface area contributed by atoms with Crippen LogP contribution in [0, 0.1) is 33.8 Å². The standard InChI is InChI=1S/C40H29BrN2O7/c41-24-14-17-33(44)31(18-24)36-27-15-16-28-35(39(48)42(38(28)47)25-12-7-13-26(19-25)43(49)50)30(27)20-32-37(46)29(22-8-3-1-4-9-22)21-34(45)40(32,36)23-10-5-2-6-11-23/h1-15,17-19,21,28,30,32,35-36,44H,16,20H2. The summed E-state index contributed by atoms with van der Waals surface area (Å²) in [6.07, 6.45) is 3.63. The third-order valence-electron chi connectivity index (χ3n) is 11.0. The Bertz CT molecular complexity index is 2200. The minimum Gasteiger partial charge on any atom is -0.508 e. The normalized spacial score (nSPS) is 27.2. The highest BCUT2D eigenvalue weighted by atomic mass is 79.9. The summed E-state index contributed by atoms with van der Waals surface area (Å²) in [6, 6.07) is 28.6. The number of carbonyl (C=O) groups is 4. The number of imide groups is 1. The summed E-state index contributed by atoms with van der Waals surface area (Å²) in [6.45, 7) is 0. The van der Waals surface area contributed by atoms with Crippen molar-refractivity contribution in [3.63, 3.8) is 0 Å². The van der Waals surface area contributed by atoms with Gasteiger partial charge in [-0.05, 0) is 60.2 Å². The highest BCUT2D eigenvalue weighted by molar-refractivity contribution is 9.10. The van der Waals surface area contributed by atoms with Crippen LogP contribution in [0.15, 0.2) is 125 Å². The van der Waals surface area contributed by atoms with Crippen LogP contribution < -0.4 is 4.90 Å². The number of halogens is 1. The smallest absolute Gasteiger partial charge is 0.271 e. The molecule has 50 heavy (non-hydrogen) atoms. The number of benzene rings is 4. The van der Waals surface area contributed by atoms with Gasteiger partial charge in [-0.2, -0.15) is 0 Å². The lowest BCUT2D eigenvalue weighted by Gasteiger charge is -2.55. The Balaban J connectivity index is 1.36. The minimum absolute atomic E-state index is 0.0685. The molecule has 10 heteroatoms. The highest BCUT2D eigenvalue weighted by Gasteiger charge is 2.66. The predicted octanol–water partition coefficient (Wildman–Crippen LogP) is 7.09. The Morgan fingerprint density at radius 1 is 0.840 bits per heavy atom. The molecule has 0 bridgehead atoms. The molecule has 2 fully saturated rings. The van der Waals surface area contributed by atoms with Crippen molar-refractivity contribution in [1.82, 2.24) is 0 Å². The first kappa shape index (κ1) is 31.8. The van der Waals surface area contributed by atoms with Crippen molar-refractivity contribution in [3.05, 3.63) is 152 Å². The molecule has 1 heterocycles. The van der Waals surface area contributed by atoms with E-state index in [1.807, 2.05) is 42.5 Å². The van der Waals surface area contributed by atoms with Crippen molar-refractivity contribution in [3.8, 4) is 5.75 Å². The van der Waals surface area contributed by atoms with E-state index in [1.54, 1.807) is 36.4 Å². The molecule has 9 nitrogen and oxygen atoms in total. The van der Waals surface area contributed by atoms with Crippen molar-refractivity contribution in [2.24, 2.45) is 23.7 Å². The maximum absolute atomic E-state index is 15.1. The van der Waals surface area contributed by atoms with Crippen LogP contribution in [0.2, 0.25) is 0 Å². The van der Waals surface area contributed by atoms with E-state index in [1.165, 1.54) is 36.4 Å². The molecule has 3 aliphatic carbocycles. The number of allylic oxidation sites excluding steroid dienone is 4. The second kappa shape index (κ2) is 11.8. The van der Waals surface area contributed by atoms with E-state index in [0.29, 0.717) is 26.7 Å². The largest absolute Gasteiger partial charge is 0.508 e. The average molecular weight is 730 g/mol. The number of amides is 2. The number of fused-ring (bicyclic) bond motifs is 4. The summed E-state index contributed by atoms with van der Waals surface area (Å²) in [5, 5.41) is 23.1. The van der Waals surface area contributed by atoms with Gasteiger partial charge in [0, 0.05) is 39.6 Å². The molecule has 248 valence electrons. The fourth-order valence-electron chi connectivity index (χ4n) is 8.98. The number of nitro groups is 1. The van der Waals surface area contributed by atoms with E-state index in [0.717, 1.165) is 4.90 Å². The quantitative estimate of drug-likeness (QED) is 0.100. The summed E-state index contributed by atoms with van der Waals surface area (Å²) in [4.78, 5) is 70.6. The summed E-state index contributed by atoms with van der Waals surface area (Å²) in [7, 11) is 0. The Labute approximate surface area is 295 Å². The molecule has 1 saturated heterocycles. The zero-order valence-corrected chi connectivity index (χ0v) is 28.0. The van der Waals surface area contributed by atoms with Crippen LogP contribution >= 0.6 is 15.9 Å². The lowest BCUT2D eigenvalue weighted by atomic mass is 9.44. The van der Waals surface area contributed by atoms with Gasteiger partial charge in [0.25, 0.3) is 5.69 Å². The number of anilines is 1. The fourth-order valence-corrected chi connectivity index (χ4v) is 9.35. The van der Waals surface area contributed by atoms with Gasteiger partial charge >= 0.3 is 0 Å². The molecular weight excluding hydrogens is 700 g/mol. The Kier molecular flexibility index (Phi) is 7.52. The third kappa shape index (κ3) is 4.58. The van der Waals surface area contributed by atoms with E-state index in [2.05, 4.69) is 15.9 Å². The van der Waals surface area contributed by atoms with Gasteiger partial charge in [0.15, 0.2) is 11.6 Å². The van der Waals surface area contributed by atoms with Crippen LogP contribution in [-0.2, 0) is 24.6 Å². The lowest BCUT2D eigenvalue weighted by Crippen LogP contribution is -2.58. The van der Waals surface area contributed by atoms with Crippen molar-refractivity contribution < 1.29 is 29.2 Å². The number of nitro benzene ring substituents is 1. The Hall–Kier alpha value is -5.48. The molecule has 2 amide bonds. The minimum atomic E-state index is -1.48. The van der Waals surface area contributed by atoms with Gasteiger partial charge in [0.2, 0.25) is 11.8 Å². The van der Waals surface area contributed by atoms with Crippen molar-refractivity contribution in [1.29, 1.82) is 0 Å². The molecule has 0 aromatic heterocycles. The molecular formula is C40H29BrN2O7. The number of phenols is 1. The van der Waals surface area contributed by atoms with Crippen LogP contribution in [-0.4, -0.2) is 33.4 Å². The van der Waals surface area contributed by atoms with Crippen LogP contribution in [0.25, 0.3) is 5.57 Å². The zero-order chi connectivity index (χ0) is 34.9. The fraction of sp³-hybridized carbons (Fsp3) is 0.200. The van der Waals surface area contributed by atoms with Crippen molar-refractivity contribution in [2.45, 2.75) is 24.2 Å². The van der Waals surface area contributed by atoms with E-state index in [-0.39, 0.29) is 47.1 Å². The van der Waals surface area contributed by atoms with Gasteiger partial charge < -0.3 is 5.11 Å². The highest BCUT2D eigenvalue weighted by Crippen LogP contribution is 2.64. The maximum Gasteiger partial charge on any atom is 0.271 e. The summed E-state index contributed by atoms with van der Waals surface area (Å²) in [5.74, 6) is -5.72. The van der Waals surface area contributed by atoms with E-state index in [9.17, 15) is 29.6 Å². The number of aromatic hydroxyl groups is 1. The first-order valence-corrected chi connectivity index (χ1v) is 17.1. The number of non-ortho nitro benzene ring substituents is 1. The van der Waals surface area contributed by atoms with Gasteiger partial charge in [0.1, 0.15) is 5.75 Å². The number of phenolic OH excluding ortho intramolecular Hbond substituents is 1. The topological polar surface area (TPSA) is 135 Å². The molecule has 4 aromatic carbocycles. The number of Topliss-reactive ketones (excluding diaryl/α,β-unsaturated/α-hetero) is 1. The van der Waals surface area contributed by atoms with Crippen molar-refractivity contribution in [2.75, 3.05) is 4.90 Å². The first-order valence-electron chi connectivity index (χ1n) is 16.3. The molecule has 1 aliphatic heterocycles. The van der Waals surface area contributed by atoms with Gasteiger partial charge in [-0.15, -0.1) is 0 Å². The molecule has 1 N–H and O–H groups in total. The third-order valence-corrected chi connectivity index (χ3v) is 11.5. The number of nitrogens with zero attached hydrogens (tertiary/aromatic N) is 2. The molecule has 0 spiro atoms. The monoisotopic (exact) mass is 728 g/mol. The Morgan fingerprint density at radius 3 is 2.28 bits per heavy atom. The lowest BCUT2D eigenvalue weighted by molar-refractivity contribution is -0.384. The van der Waals surface area contributed by atoms with Crippen LogP contribution in [0.3, 0.4) is 0 Å². The predicted molar refractivity (Wildman–Crippen MR) is 188 cm³/mol. The SMILES string of the molecule is O=C1C(c2ccccc2)=CC(=O)C2(c3ccccc3)C1CC1C(=CCC3C(=O)N(c4cccc([N+](=O)[O-])c4)C(=O)C31)C2c1cc(Br)ccc1O. The number of ketones is 2. The van der Waals surface area contributed by atoms with Gasteiger partial charge in [-0.25, -0.2) is 4.90 Å². The molecule has 6 unspecified atom stereocenters. The average Bonchev–Trinajstić information content (AvgIpc) is 3.39. The van der Waals surface area contributed by atoms with E-state index >= 15 is 4.79 Å². The first-order chi connectivity index (χ1) is 24.1. The molecule has 4 aliphatic rings. The number of hydrogen-bond donors (Lipinski definition) is 1. The number of carbonyl (C=O) groups excluding carboxylic acids is 4. The van der Waals surface area contributed by atoms with E-state index in [4.69, 9.17) is 0 Å². The number of hydrogen-bond acceptors (Lipinski definition) is 7. The van der Waals surface area contributed by atoms with E-state index < -0.39 is 51.7 Å². The molecule has 8 rings (SSSR count). The Morgan fingerprint density at radius 2 is 1.56 bits per heavy atom. The molecule has 0 radical (unpaired) electrons. The van der Waals surface area contributed by atoms with Gasteiger partial charge in [-0.1, -0.05) is 94.3 Å². The molecule has 4 aromatic rings. The van der Waals surface area contributed by atoms with Crippen LogP contribution in [0.5, 0.6) is 5.75 Å². The molecule has 1 saturated carbocycles. The second-order valence-electron chi connectivity index (χ2n) is 13.3. The summed E-state index contributed by atoms with van der Waals surface area (Å²) < 4.78 is 0.653. The summed E-state index contributed by atoms with van der Waals surface area (Å²) >= 11 is 3.54. The zero-order valence-electron chi connectivity index (χ0n) is 26.4.